The van der Waals surface area contributed by atoms with Gasteiger partial charge in [-0.05, 0) is 6.92 Å². The molecule has 0 amide bonds. The number of rotatable bonds is 2. The van der Waals surface area contributed by atoms with Crippen molar-refractivity contribution in [2.75, 3.05) is 6.61 Å². The second-order valence-electron chi connectivity index (χ2n) is 4.94. The van der Waals surface area contributed by atoms with Gasteiger partial charge in [0.2, 0.25) is 0 Å². The van der Waals surface area contributed by atoms with Gasteiger partial charge >= 0.3 is 0 Å². The Bertz CT molecular complexity index is 693. The lowest BCUT2D eigenvalue weighted by molar-refractivity contribution is -0.0950. The van der Waals surface area contributed by atoms with Crippen molar-refractivity contribution in [3.8, 4) is 0 Å². The molecule has 3 heterocycles. The summed E-state index contributed by atoms with van der Waals surface area (Å²) < 4.78 is 6.82. The number of hydrogen-bond acceptors (Lipinski definition) is 7. The van der Waals surface area contributed by atoms with Crippen LogP contribution < -0.4 is 5.56 Å². The van der Waals surface area contributed by atoms with Gasteiger partial charge in [-0.2, -0.15) is 0 Å². The fourth-order valence-corrected chi connectivity index (χ4v) is 2.42. The molecule has 1 unspecified atom stereocenters. The number of aromatic amines is 1. The molecule has 4 atom stereocenters. The molecule has 0 aliphatic carbocycles. The Kier molecular flexibility index (Phi) is 2.87. The molecule has 4 N–H and O–H groups in total. The van der Waals surface area contributed by atoms with Crippen LogP contribution in [-0.2, 0) is 4.74 Å². The molecule has 0 bridgehead atoms. The van der Waals surface area contributed by atoms with E-state index in [1.807, 2.05) is 0 Å². The van der Waals surface area contributed by atoms with Crippen LogP contribution in [0.3, 0.4) is 0 Å². The number of H-pyrrole nitrogens is 1. The predicted molar refractivity (Wildman–Crippen MR) is 65.8 cm³/mol. The van der Waals surface area contributed by atoms with E-state index in [-0.39, 0.29) is 11.2 Å². The van der Waals surface area contributed by atoms with Crippen molar-refractivity contribution >= 4 is 11.2 Å². The lowest BCUT2D eigenvalue weighted by atomic mass is 9.96. The van der Waals surface area contributed by atoms with Crippen molar-refractivity contribution in [3.05, 3.63) is 23.0 Å². The van der Waals surface area contributed by atoms with Crippen molar-refractivity contribution in [2.45, 2.75) is 31.0 Å². The molecule has 0 radical (unpaired) electrons. The maximum Gasteiger partial charge on any atom is 0.278 e. The lowest BCUT2D eigenvalue weighted by Gasteiger charge is -2.27. The topological polar surface area (TPSA) is 133 Å². The van der Waals surface area contributed by atoms with Gasteiger partial charge in [-0.1, -0.05) is 0 Å². The van der Waals surface area contributed by atoms with Gasteiger partial charge in [-0.15, -0.1) is 0 Å². The minimum atomic E-state index is -1.65. The van der Waals surface area contributed by atoms with E-state index < -0.39 is 36.2 Å². The van der Waals surface area contributed by atoms with Crippen LogP contribution in [0, 0.1) is 0 Å². The summed E-state index contributed by atoms with van der Waals surface area (Å²) >= 11 is 0. The van der Waals surface area contributed by atoms with Gasteiger partial charge in [-0.3, -0.25) is 9.36 Å². The third kappa shape index (κ3) is 1.68. The number of nitrogens with zero attached hydrogens (tertiary/aromatic N) is 3. The molecule has 1 aliphatic rings. The molecule has 1 saturated heterocycles. The summed E-state index contributed by atoms with van der Waals surface area (Å²) in [6.45, 7) is 0.950. The maximum absolute atomic E-state index is 11.6. The Morgan fingerprint density at radius 2 is 2.30 bits per heavy atom. The van der Waals surface area contributed by atoms with Gasteiger partial charge in [0, 0.05) is 0 Å². The number of nitrogens with one attached hydrogen (secondary N) is 1. The number of ether oxygens (including phenoxy) is 1. The summed E-state index contributed by atoms with van der Waals surface area (Å²) in [5.41, 5.74) is -1.73. The second kappa shape index (κ2) is 4.35. The van der Waals surface area contributed by atoms with E-state index in [4.69, 9.17) is 9.84 Å². The molecular weight excluding hydrogens is 268 g/mol. The molecule has 108 valence electrons. The van der Waals surface area contributed by atoms with Crippen LogP contribution >= 0.6 is 0 Å². The van der Waals surface area contributed by atoms with E-state index in [9.17, 15) is 15.0 Å². The summed E-state index contributed by atoms with van der Waals surface area (Å²) in [6.07, 6.45) is -0.675. The Morgan fingerprint density at radius 1 is 1.55 bits per heavy atom. The van der Waals surface area contributed by atoms with E-state index in [1.54, 1.807) is 0 Å². The molecular formula is C11H14N4O5. The lowest BCUT2D eigenvalue weighted by Crippen LogP contribution is -2.44. The molecule has 9 heteroatoms. The number of fused-ring (bicyclic) bond motifs is 1. The number of aliphatic hydroxyl groups is 3. The first-order valence-corrected chi connectivity index (χ1v) is 6.03. The standard InChI is InChI=1S/C11H14N4O5/c1-11(19)7(17)5(2-16)20-10(11)15-4-14-6-8(15)12-3-13-9(6)18/h3-5,7,10,16-17,19H,2H2,1H3,(H,12,13,18)/t5?,7-,10-,11-/m1/s1. The number of aromatic nitrogens is 4. The number of aliphatic hydroxyl groups excluding tert-OH is 2. The average molecular weight is 282 g/mol. The molecule has 9 nitrogen and oxygen atoms in total. The van der Waals surface area contributed by atoms with Crippen LogP contribution in [0.4, 0.5) is 0 Å². The molecule has 2 aromatic heterocycles. The van der Waals surface area contributed by atoms with Gasteiger partial charge in [0.15, 0.2) is 17.4 Å². The van der Waals surface area contributed by atoms with E-state index in [0.29, 0.717) is 0 Å². The quantitative estimate of drug-likeness (QED) is 0.506. The Hall–Kier alpha value is -1.81. The van der Waals surface area contributed by atoms with Gasteiger partial charge < -0.3 is 25.0 Å². The fraction of sp³-hybridized carbons (Fsp3) is 0.545. The van der Waals surface area contributed by atoms with E-state index >= 15 is 0 Å². The minimum Gasteiger partial charge on any atom is -0.394 e. The van der Waals surface area contributed by atoms with E-state index in [0.717, 1.165) is 0 Å². The van der Waals surface area contributed by atoms with Crippen LogP contribution in [0.15, 0.2) is 17.4 Å². The fourth-order valence-electron chi connectivity index (χ4n) is 2.42. The first kappa shape index (κ1) is 13.2. The Labute approximate surface area is 112 Å². The monoisotopic (exact) mass is 282 g/mol. The highest BCUT2D eigenvalue weighted by atomic mass is 16.6. The van der Waals surface area contributed by atoms with Crippen molar-refractivity contribution in [1.29, 1.82) is 0 Å². The van der Waals surface area contributed by atoms with Crippen LogP contribution in [0.2, 0.25) is 0 Å². The van der Waals surface area contributed by atoms with Gasteiger partial charge in [0.05, 0.1) is 19.3 Å². The normalized spacial score (nSPS) is 33.9. The summed E-state index contributed by atoms with van der Waals surface area (Å²) in [5.74, 6) is 0. The van der Waals surface area contributed by atoms with Crippen molar-refractivity contribution in [3.63, 3.8) is 0 Å². The third-order valence-corrected chi connectivity index (χ3v) is 3.55. The largest absolute Gasteiger partial charge is 0.394 e. The van der Waals surface area contributed by atoms with Crippen molar-refractivity contribution in [2.24, 2.45) is 0 Å². The molecule has 1 aliphatic heterocycles. The summed E-state index contributed by atoms with van der Waals surface area (Å²) in [4.78, 5) is 21.9. The van der Waals surface area contributed by atoms with Crippen LogP contribution in [-0.4, -0.2) is 59.3 Å². The maximum atomic E-state index is 11.6. The minimum absolute atomic E-state index is 0.105. The zero-order valence-electron chi connectivity index (χ0n) is 10.6. The molecule has 0 saturated carbocycles. The highest BCUT2D eigenvalue weighted by Gasteiger charge is 2.53. The second-order valence-corrected chi connectivity index (χ2v) is 4.94. The van der Waals surface area contributed by atoms with E-state index in [1.165, 1.54) is 24.1 Å². The van der Waals surface area contributed by atoms with Crippen LogP contribution in [0.1, 0.15) is 13.2 Å². The first-order chi connectivity index (χ1) is 9.46. The van der Waals surface area contributed by atoms with Gasteiger partial charge in [0.1, 0.15) is 17.8 Å². The van der Waals surface area contributed by atoms with Crippen molar-refractivity contribution in [1.82, 2.24) is 19.5 Å². The molecule has 3 rings (SSSR count). The van der Waals surface area contributed by atoms with Crippen LogP contribution in [0.5, 0.6) is 0 Å². The van der Waals surface area contributed by atoms with Crippen molar-refractivity contribution < 1.29 is 20.1 Å². The van der Waals surface area contributed by atoms with Crippen LogP contribution in [0.25, 0.3) is 11.2 Å². The number of hydrogen-bond donors (Lipinski definition) is 4. The Morgan fingerprint density at radius 3 is 2.95 bits per heavy atom. The van der Waals surface area contributed by atoms with Gasteiger partial charge in [-0.25, -0.2) is 9.97 Å². The predicted octanol–water partition coefficient (Wildman–Crippen LogP) is -1.88. The van der Waals surface area contributed by atoms with Gasteiger partial charge in [0.25, 0.3) is 5.56 Å². The molecule has 1 fully saturated rings. The highest BCUT2D eigenvalue weighted by Crippen LogP contribution is 2.38. The third-order valence-electron chi connectivity index (χ3n) is 3.55. The Balaban J connectivity index is 2.12. The zero-order valence-corrected chi connectivity index (χ0v) is 10.6. The van der Waals surface area contributed by atoms with E-state index in [2.05, 4.69) is 15.0 Å². The summed E-state index contributed by atoms with van der Waals surface area (Å²) in [5, 5.41) is 29.5. The molecule has 2 aromatic rings. The zero-order chi connectivity index (χ0) is 14.5. The molecule has 0 aromatic carbocycles. The molecule has 0 spiro atoms. The average Bonchev–Trinajstić information content (AvgIpc) is 2.92. The SMILES string of the molecule is C[C@@]1(O)[C@H](O)C(CO)O[C@H]1n1cnc2c(=O)[nH]cnc21. The first-order valence-electron chi connectivity index (χ1n) is 6.03. The summed E-state index contributed by atoms with van der Waals surface area (Å²) in [7, 11) is 0. The highest BCUT2D eigenvalue weighted by molar-refractivity contribution is 5.68. The smallest absolute Gasteiger partial charge is 0.278 e. The summed E-state index contributed by atoms with van der Waals surface area (Å²) in [6, 6.07) is 0. The number of imidazole rings is 1. The molecule has 20 heavy (non-hydrogen) atoms.